The van der Waals surface area contributed by atoms with Crippen LogP contribution in [0.25, 0.3) is 16.1 Å². The molecular weight excluding hydrogens is 396 g/mol. The number of aliphatic imine (C=N–C) groups is 1. The van der Waals surface area contributed by atoms with E-state index in [1.54, 1.807) is 29.8 Å². The second-order valence-electron chi connectivity index (χ2n) is 7.87. The molecule has 2 unspecified atom stereocenters. The Labute approximate surface area is 180 Å². The van der Waals surface area contributed by atoms with Gasteiger partial charge >= 0.3 is 0 Å². The Morgan fingerprint density at radius 1 is 1.43 bits per heavy atom. The minimum atomic E-state index is 0.507. The summed E-state index contributed by atoms with van der Waals surface area (Å²) < 4.78 is 0. The molecule has 1 saturated heterocycles. The average Bonchev–Trinajstić information content (AvgIpc) is 3.46. The summed E-state index contributed by atoms with van der Waals surface area (Å²) in [5, 5.41) is 7.78. The summed E-state index contributed by atoms with van der Waals surface area (Å²) in [6.45, 7) is 9.28. The summed E-state index contributed by atoms with van der Waals surface area (Å²) in [5.74, 6) is 0.678. The number of H-pyrrole nitrogens is 2. The van der Waals surface area contributed by atoms with E-state index in [9.17, 15) is 0 Å². The molecule has 2 N–H and O–H groups in total. The van der Waals surface area contributed by atoms with Gasteiger partial charge in [-0.25, -0.2) is 9.97 Å². The van der Waals surface area contributed by atoms with Crippen molar-refractivity contribution in [2.24, 2.45) is 4.99 Å². The van der Waals surface area contributed by atoms with Gasteiger partial charge in [0.25, 0.3) is 0 Å². The van der Waals surface area contributed by atoms with E-state index in [0.29, 0.717) is 23.6 Å². The zero-order chi connectivity index (χ0) is 21.3. The standard InChI is InChI=1S/C21H28N8S/c1-6-17(22-10-13(2)15-11-23-24-12-15)18-25-19-20(26-18)30-21(27-19)29(5)16-7-8-28(4)14(3)9-16/h6,10-12,14,16H,1,7-9H2,2-5H3,(H,23,24)(H,25,26)/b13-10+,22-17?. The topological polar surface area (TPSA) is 89.1 Å². The van der Waals surface area contributed by atoms with Crippen molar-refractivity contribution in [2.75, 3.05) is 25.5 Å². The number of anilines is 1. The highest BCUT2D eigenvalue weighted by Crippen LogP contribution is 2.31. The Balaban J connectivity index is 1.53. The number of thiazole rings is 1. The van der Waals surface area contributed by atoms with Gasteiger partial charge in [-0.2, -0.15) is 5.10 Å². The Morgan fingerprint density at radius 2 is 2.27 bits per heavy atom. The number of allylic oxidation sites excluding steroid dienone is 2. The Morgan fingerprint density at radius 3 is 2.93 bits per heavy atom. The van der Waals surface area contributed by atoms with Crippen molar-refractivity contribution in [3.05, 3.63) is 42.6 Å². The number of fused-ring (bicyclic) bond motifs is 1. The highest BCUT2D eigenvalue weighted by molar-refractivity contribution is 7.21. The number of hydrogen-bond acceptors (Lipinski definition) is 7. The van der Waals surface area contributed by atoms with Crippen molar-refractivity contribution in [2.45, 2.75) is 38.8 Å². The lowest BCUT2D eigenvalue weighted by Gasteiger charge is -2.39. The highest BCUT2D eigenvalue weighted by Gasteiger charge is 2.27. The number of aromatic nitrogens is 5. The molecular formula is C21H28N8S. The molecule has 0 amide bonds. The molecule has 0 aromatic carbocycles. The molecule has 1 fully saturated rings. The first-order valence-electron chi connectivity index (χ1n) is 10.1. The summed E-state index contributed by atoms with van der Waals surface area (Å²) in [6.07, 6.45) is 9.41. The van der Waals surface area contributed by atoms with E-state index in [1.807, 2.05) is 13.1 Å². The zero-order valence-corrected chi connectivity index (χ0v) is 18.7. The van der Waals surface area contributed by atoms with E-state index in [-0.39, 0.29) is 0 Å². The third-order valence-corrected chi connectivity index (χ3v) is 6.90. The predicted molar refractivity (Wildman–Crippen MR) is 124 cm³/mol. The number of nitrogens with zero attached hydrogens (tertiary/aromatic N) is 6. The Hall–Kier alpha value is -2.78. The van der Waals surface area contributed by atoms with Gasteiger partial charge in [-0.3, -0.25) is 10.1 Å². The van der Waals surface area contributed by atoms with E-state index in [2.05, 4.69) is 57.6 Å². The van der Waals surface area contributed by atoms with Crippen LogP contribution >= 0.6 is 11.3 Å². The lowest BCUT2D eigenvalue weighted by atomic mass is 9.98. The number of imidazole rings is 1. The molecule has 1 aliphatic rings. The van der Waals surface area contributed by atoms with E-state index in [4.69, 9.17) is 9.97 Å². The van der Waals surface area contributed by atoms with Crippen LogP contribution in [0.3, 0.4) is 0 Å². The SMILES string of the molecule is C=CC(=N/C=C(\C)c1cn[nH]c1)c1nc2sc(N(C)C3CCN(C)C(C)C3)nc2[nH]1. The first-order valence-corrected chi connectivity index (χ1v) is 10.9. The molecule has 9 heteroatoms. The van der Waals surface area contributed by atoms with Crippen LogP contribution in [0.5, 0.6) is 0 Å². The third-order valence-electron chi connectivity index (χ3n) is 5.87. The van der Waals surface area contributed by atoms with Crippen LogP contribution in [0.4, 0.5) is 5.13 Å². The number of aromatic amines is 2. The van der Waals surface area contributed by atoms with Crippen LogP contribution in [0, 0.1) is 0 Å². The molecule has 0 aliphatic carbocycles. The van der Waals surface area contributed by atoms with E-state index < -0.39 is 0 Å². The minimum absolute atomic E-state index is 0.507. The van der Waals surface area contributed by atoms with Crippen LogP contribution in [0.15, 0.2) is 36.2 Å². The van der Waals surface area contributed by atoms with Crippen LogP contribution in [-0.4, -0.2) is 68.5 Å². The largest absolute Gasteiger partial charge is 0.348 e. The second-order valence-corrected chi connectivity index (χ2v) is 8.83. The van der Waals surface area contributed by atoms with Gasteiger partial charge in [0.1, 0.15) is 5.71 Å². The molecule has 4 rings (SSSR count). The molecule has 0 bridgehead atoms. The van der Waals surface area contributed by atoms with Crippen molar-refractivity contribution >= 4 is 38.2 Å². The highest BCUT2D eigenvalue weighted by atomic mass is 32.1. The van der Waals surface area contributed by atoms with Gasteiger partial charge in [0.15, 0.2) is 21.4 Å². The molecule has 0 spiro atoms. The fourth-order valence-corrected chi connectivity index (χ4v) is 4.60. The number of piperidine rings is 1. The maximum atomic E-state index is 4.80. The number of nitrogens with one attached hydrogen (secondary N) is 2. The average molecular weight is 425 g/mol. The zero-order valence-electron chi connectivity index (χ0n) is 17.9. The molecule has 3 aromatic heterocycles. The summed E-state index contributed by atoms with van der Waals surface area (Å²) in [5.41, 5.74) is 3.48. The summed E-state index contributed by atoms with van der Waals surface area (Å²) in [7, 11) is 4.34. The lowest BCUT2D eigenvalue weighted by Crippen LogP contribution is -2.46. The van der Waals surface area contributed by atoms with Gasteiger partial charge in [-0.1, -0.05) is 17.9 Å². The van der Waals surface area contributed by atoms with Crippen LogP contribution in [0.1, 0.15) is 38.1 Å². The van der Waals surface area contributed by atoms with E-state index >= 15 is 0 Å². The van der Waals surface area contributed by atoms with Crippen molar-refractivity contribution in [1.29, 1.82) is 0 Å². The summed E-state index contributed by atoms with van der Waals surface area (Å²) in [6, 6.07) is 1.10. The van der Waals surface area contributed by atoms with Crippen molar-refractivity contribution < 1.29 is 0 Å². The van der Waals surface area contributed by atoms with Crippen LogP contribution < -0.4 is 4.90 Å². The van der Waals surface area contributed by atoms with Gasteiger partial charge in [0.05, 0.1) is 6.20 Å². The van der Waals surface area contributed by atoms with Gasteiger partial charge < -0.3 is 14.8 Å². The van der Waals surface area contributed by atoms with Gasteiger partial charge in [0, 0.05) is 43.6 Å². The maximum absolute atomic E-state index is 4.80. The number of likely N-dealkylation sites (tertiary alicyclic amines) is 1. The first kappa shape index (κ1) is 20.5. The molecule has 4 heterocycles. The van der Waals surface area contributed by atoms with Crippen molar-refractivity contribution in [3.63, 3.8) is 0 Å². The van der Waals surface area contributed by atoms with Gasteiger partial charge in [-0.15, -0.1) is 0 Å². The number of hydrogen-bond donors (Lipinski definition) is 2. The molecule has 8 nitrogen and oxygen atoms in total. The van der Waals surface area contributed by atoms with Crippen LogP contribution in [0.2, 0.25) is 0 Å². The normalized spacial score (nSPS) is 21.3. The molecule has 1 aliphatic heterocycles. The second kappa shape index (κ2) is 8.53. The molecule has 0 saturated carbocycles. The Bertz CT molecular complexity index is 1040. The first-order chi connectivity index (χ1) is 14.5. The fourth-order valence-electron chi connectivity index (χ4n) is 3.66. The predicted octanol–water partition coefficient (Wildman–Crippen LogP) is 3.70. The third kappa shape index (κ3) is 4.08. The molecule has 2 atom stereocenters. The van der Waals surface area contributed by atoms with E-state index in [1.165, 1.54) is 0 Å². The van der Waals surface area contributed by atoms with Crippen LogP contribution in [-0.2, 0) is 0 Å². The molecule has 3 aromatic rings. The van der Waals surface area contributed by atoms with Gasteiger partial charge in [-0.05, 0) is 45.4 Å². The molecule has 158 valence electrons. The van der Waals surface area contributed by atoms with Crippen molar-refractivity contribution in [1.82, 2.24) is 30.0 Å². The van der Waals surface area contributed by atoms with E-state index in [0.717, 1.165) is 46.1 Å². The van der Waals surface area contributed by atoms with Crippen molar-refractivity contribution in [3.8, 4) is 0 Å². The minimum Gasteiger partial charge on any atom is -0.348 e. The number of rotatable bonds is 6. The quantitative estimate of drug-likeness (QED) is 0.589. The maximum Gasteiger partial charge on any atom is 0.189 e. The van der Waals surface area contributed by atoms with Gasteiger partial charge in [0.2, 0.25) is 0 Å². The fraction of sp³-hybridized carbons (Fsp3) is 0.429. The molecule has 30 heavy (non-hydrogen) atoms. The monoisotopic (exact) mass is 424 g/mol. The molecule has 0 radical (unpaired) electrons. The summed E-state index contributed by atoms with van der Waals surface area (Å²) in [4.78, 5) is 23.0. The lowest BCUT2D eigenvalue weighted by molar-refractivity contribution is 0.181. The smallest absolute Gasteiger partial charge is 0.189 e. The summed E-state index contributed by atoms with van der Waals surface area (Å²) >= 11 is 1.61. The Kier molecular flexibility index (Phi) is 5.83.